The molecule has 0 atom stereocenters. The van der Waals surface area contributed by atoms with Crippen LogP contribution < -0.4 is 14.9 Å². The van der Waals surface area contributed by atoms with Gasteiger partial charge in [-0.3, -0.25) is 4.79 Å². The van der Waals surface area contributed by atoms with Gasteiger partial charge in [0.1, 0.15) is 17.3 Å². The fraction of sp³-hybridized carbons (Fsp3) is 0.0741. The smallest absolute Gasteiger partial charge is 0.262 e. The number of para-hydroxylation sites is 1. The molecular formula is C27H19F2N5O2S. The van der Waals surface area contributed by atoms with E-state index in [4.69, 9.17) is 9.84 Å². The van der Waals surface area contributed by atoms with Crippen LogP contribution in [0.4, 0.5) is 20.2 Å². The standard InChI is InChI=1S/C27H19F2N5O2S/c1-15-19(18-4-2-3-5-21(18)31-15)12-30-34-24(16-6-9-25-23(10-16)32-26(35)13-36-25)14-37-27(34)33-22-8-7-17(28)11-20(22)29/h2-12,14,31H,13H2,1H3,(H,32,35). The molecule has 7 nitrogen and oxygen atoms in total. The van der Waals surface area contributed by atoms with E-state index in [9.17, 15) is 13.6 Å². The molecule has 0 unspecified atom stereocenters. The third-order valence-electron chi connectivity index (χ3n) is 5.97. The lowest BCUT2D eigenvalue weighted by Gasteiger charge is -2.18. The molecule has 0 bridgehead atoms. The molecule has 3 aromatic carbocycles. The minimum absolute atomic E-state index is 0.00636. The number of amides is 1. The zero-order chi connectivity index (χ0) is 25.5. The monoisotopic (exact) mass is 515 g/mol. The summed E-state index contributed by atoms with van der Waals surface area (Å²) in [6, 6.07) is 16.6. The number of aromatic nitrogens is 2. The molecule has 0 saturated heterocycles. The fourth-order valence-electron chi connectivity index (χ4n) is 4.18. The largest absolute Gasteiger partial charge is 0.482 e. The van der Waals surface area contributed by atoms with Crippen LogP contribution in [0.25, 0.3) is 22.2 Å². The first kappa shape index (κ1) is 22.9. The number of carbonyl (C=O) groups excluding carboxylic acids is 1. The number of H-pyrrole nitrogens is 1. The molecule has 0 saturated carbocycles. The van der Waals surface area contributed by atoms with E-state index in [0.717, 1.165) is 39.9 Å². The fourth-order valence-corrected chi connectivity index (χ4v) is 5.03. The van der Waals surface area contributed by atoms with Crippen molar-refractivity contribution in [2.24, 2.45) is 10.1 Å². The number of thiazole rings is 1. The molecule has 0 spiro atoms. The Bertz CT molecular complexity index is 1780. The molecule has 0 radical (unpaired) electrons. The normalized spacial score (nSPS) is 13.7. The van der Waals surface area contributed by atoms with Crippen LogP contribution in [0.5, 0.6) is 5.75 Å². The number of ether oxygens (including phenoxy) is 1. The lowest BCUT2D eigenvalue weighted by molar-refractivity contribution is -0.118. The van der Waals surface area contributed by atoms with Crippen LogP contribution in [0.2, 0.25) is 0 Å². The van der Waals surface area contributed by atoms with E-state index >= 15 is 0 Å². The zero-order valence-electron chi connectivity index (χ0n) is 19.5. The molecule has 0 fully saturated rings. The van der Waals surface area contributed by atoms with E-state index in [1.807, 2.05) is 42.6 Å². The van der Waals surface area contributed by atoms with Crippen LogP contribution in [0.1, 0.15) is 11.3 Å². The number of benzene rings is 3. The number of hydrogen-bond donors (Lipinski definition) is 2. The SMILES string of the molecule is Cc1[nH]c2ccccc2c1C=Nn1c(-c2ccc3c(c2)NC(=O)CO3)csc1=Nc1ccc(F)cc1F. The minimum Gasteiger partial charge on any atom is -0.482 e. The molecule has 1 aliphatic heterocycles. The lowest BCUT2D eigenvalue weighted by Crippen LogP contribution is -2.25. The van der Waals surface area contributed by atoms with Crippen LogP contribution in [0.3, 0.4) is 0 Å². The van der Waals surface area contributed by atoms with Crippen molar-refractivity contribution in [1.82, 2.24) is 9.66 Å². The van der Waals surface area contributed by atoms with Gasteiger partial charge in [-0.15, -0.1) is 11.3 Å². The number of fused-ring (bicyclic) bond motifs is 2. The third kappa shape index (κ3) is 4.31. The van der Waals surface area contributed by atoms with Crippen molar-refractivity contribution in [3.05, 3.63) is 93.7 Å². The summed E-state index contributed by atoms with van der Waals surface area (Å²) in [4.78, 5) is 20.0. The quantitative estimate of drug-likeness (QED) is 0.300. The van der Waals surface area contributed by atoms with Gasteiger partial charge in [-0.2, -0.15) is 5.10 Å². The summed E-state index contributed by atoms with van der Waals surface area (Å²) < 4.78 is 34.9. The Morgan fingerprint density at radius 3 is 2.84 bits per heavy atom. The maximum atomic E-state index is 14.4. The predicted molar refractivity (Wildman–Crippen MR) is 139 cm³/mol. The van der Waals surface area contributed by atoms with E-state index in [2.05, 4.69) is 15.3 Å². The molecular weight excluding hydrogens is 496 g/mol. The summed E-state index contributed by atoms with van der Waals surface area (Å²) in [6.45, 7) is 1.93. The van der Waals surface area contributed by atoms with Gasteiger partial charge >= 0.3 is 0 Å². The van der Waals surface area contributed by atoms with Gasteiger partial charge < -0.3 is 15.0 Å². The van der Waals surface area contributed by atoms with Crippen LogP contribution in [-0.2, 0) is 4.79 Å². The van der Waals surface area contributed by atoms with Gasteiger partial charge in [-0.05, 0) is 43.3 Å². The Kier molecular flexibility index (Phi) is 5.65. The van der Waals surface area contributed by atoms with Crippen LogP contribution in [-0.4, -0.2) is 28.4 Å². The van der Waals surface area contributed by atoms with Gasteiger partial charge in [-0.1, -0.05) is 18.2 Å². The second-order valence-electron chi connectivity index (χ2n) is 8.42. The Hall–Kier alpha value is -4.57. The van der Waals surface area contributed by atoms with Crippen LogP contribution >= 0.6 is 11.3 Å². The summed E-state index contributed by atoms with van der Waals surface area (Å²) in [5, 5.41) is 10.4. The van der Waals surface area contributed by atoms with Gasteiger partial charge in [0.25, 0.3) is 5.91 Å². The van der Waals surface area contributed by atoms with Gasteiger partial charge in [-0.25, -0.2) is 18.4 Å². The molecule has 0 aliphatic carbocycles. The van der Waals surface area contributed by atoms with Crippen molar-refractivity contribution in [2.75, 3.05) is 11.9 Å². The number of aromatic amines is 1. The van der Waals surface area contributed by atoms with Crippen molar-refractivity contribution in [3.63, 3.8) is 0 Å². The Labute approximate surface area is 213 Å². The molecule has 2 aromatic heterocycles. The van der Waals surface area contributed by atoms with Crippen molar-refractivity contribution >= 4 is 45.7 Å². The number of anilines is 1. The van der Waals surface area contributed by atoms with Crippen molar-refractivity contribution in [3.8, 4) is 17.0 Å². The summed E-state index contributed by atoms with van der Waals surface area (Å²) in [5.74, 6) is -1.12. The van der Waals surface area contributed by atoms with E-state index in [1.165, 1.54) is 17.4 Å². The van der Waals surface area contributed by atoms with Gasteiger partial charge in [0, 0.05) is 39.2 Å². The molecule has 1 aliphatic rings. The second-order valence-corrected chi connectivity index (χ2v) is 9.26. The summed E-state index contributed by atoms with van der Waals surface area (Å²) in [5.41, 5.74) is 4.79. The molecule has 5 aromatic rings. The highest BCUT2D eigenvalue weighted by atomic mass is 32.1. The minimum atomic E-state index is -0.772. The van der Waals surface area contributed by atoms with Crippen LogP contribution in [0, 0.1) is 18.6 Å². The van der Waals surface area contributed by atoms with Crippen molar-refractivity contribution in [1.29, 1.82) is 0 Å². The number of aryl methyl sites for hydroxylation is 1. The second kappa shape index (κ2) is 9.14. The van der Waals surface area contributed by atoms with Gasteiger partial charge in [0.15, 0.2) is 12.4 Å². The average Bonchev–Trinajstić information content (AvgIpc) is 3.43. The Morgan fingerprint density at radius 1 is 1.11 bits per heavy atom. The van der Waals surface area contributed by atoms with Crippen molar-refractivity contribution < 1.29 is 18.3 Å². The van der Waals surface area contributed by atoms with E-state index in [-0.39, 0.29) is 18.2 Å². The average molecular weight is 516 g/mol. The van der Waals surface area contributed by atoms with Crippen molar-refractivity contribution in [2.45, 2.75) is 6.92 Å². The first-order chi connectivity index (χ1) is 18.0. The number of halogens is 2. The molecule has 1 amide bonds. The maximum absolute atomic E-state index is 14.4. The Balaban J connectivity index is 1.52. The maximum Gasteiger partial charge on any atom is 0.262 e. The highest BCUT2D eigenvalue weighted by Crippen LogP contribution is 2.33. The van der Waals surface area contributed by atoms with Crippen LogP contribution in [0.15, 0.2) is 76.1 Å². The zero-order valence-corrected chi connectivity index (χ0v) is 20.3. The summed E-state index contributed by atoms with van der Waals surface area (Å²) in [6.07, 6.45) is 1.73. The highest BCUT2D eigenvalue weighted by Gasteiger charge is 2.18. The lowest BCUT2D eigenvalue weighted by atomic mass is 10.1. The van der Waals surface area contributed by atoms with E-state index < -0.39 is 11.6 Å². The van der Waals surface area contributed by atoms with Gasteiger partial charge in [0.05, 0.1) is 17.6 Å². The number of rotatable bonds is 4. The van der Waals surface area contributed by atoms with Gasteiger partial charge in [0.2, 0.25) is 4.80 Å². The molecule has 184 valence electrons. The number of hydrogen-bond acceptors (Lipinski definition) is 5. The summed E-state index contributed by atoms with van der Waals surface area (Å²) in [7, 11) is 0. The third-order valence-corrected chi connectivity index (χ3v) is 6.78. The van der Waals surface area contributed by atoms with E-state index in [1.54, 1.807) is 23.0 Å². The molecule has 6 rings (SSSR count). The molecule has 37 heavy (non-hydrogen) atoms. The highest BCUT2D eigenvalue weighted by molar-refractivity contribution is 7.07. The molecule has 10 heteroatoms. The number of carbonyl (C=O) groups is 1. The molecule has 3 heterocycles. The Morgan fingerprint density at radius 2 is 1.97 bits per heavy atom. The first-order valence-corrected chi connectivity index (χ1v) is 12.2. The van der Waals surface area contributed by atoms with E-state index in [0.29, 0.717) is 21.9 Å². The number of nitrogens with zero attached hydrogens (tertiary/aromatic N) is 3. The topological polar surface area (TPSA) is 83.8 Å². The predicted octanol–water partition coefficient (Wildman–Crippen LogP) is 5.73. The number of nitrogens with one attached hydrogen (secondary N) is 2. The first-order valence-electron chi connectivity index (χ1n) is 11.4. The summed E-state index contributed by atoms with van der Waals surface area (Å²) >= 11 is 1.26. The molecule has 2 N–H and O–H groups in total.